The Balaban J connectivity index is 1.57. The van der Waals surface area contributed by atoms with E-state index in [0.717, 1.165) is 29.7 Å². The third-order valence-corrected chi connectivity index (χ3v) is 5.79. The number of hydrogen-bond donors (Lipinski definition) is 2. The third-order valence-electron chi connectivity index (χ3n) is 5.79. The highest BCUT2D eigenvalue weighted by atomic mass is 16.5. The quantitative estimate of drug-likeness (QED) is 0.582. The van der Waals surface area contributed by atoms with E-state index in [2.05, 4.69) is 10.6 Å². The number of esters is 1. The van der Waals surface area contributed by atoms with E-state index in [-0.39, 0.29) is 11.8 Å². The molecule has 2 N–H and O–H groups in total. The van der Waals surface area contributed by atoms with Crippen LogP contribution in [0, 0.1) is 12.8 Å². The van der Waals surface area contributed by atoms with Gasteiger partial charge in [0.1, 0.15) is 12.1 Å². The summed E-state index contributed by atoms with van der Waals surface area (Å²) in [5.74, 6) is -1.67. The maximum Gasteiger partial charge on any atom is 0.327 e. The van der Waals surface area contributed by atoms with Gasteiger partial charge in [0.15, 0.2) is 6.10 Å². The lowest BCUT2D eigenvalue weighted by atomic mass is 9.73. The summed E-state index contributed by atoms with van der Waals surface area (Å²) in [5, 5.41) is 5.45. The summed E-state index contributed by atoms with van der Waals surface area (Å²) in [6, 6.07) is 6.62. The van der Waals surface area contributed by atoms with Gasteiger partial charge in [0.2, 0.25) is 0 Å². The molecule has 0 aromatic heterocycles. The van der Waals surface area contributed by atoms with Crippen molar-refractivity contribution in [3.8, 4) is 0 Å². The lowest BCUT2D eigenvalue weighted by molar-refractivity contribution is -0.155. The molecule has 1 aromatic carbocycles. The largest absolute Gasteiger partial charge is 0.451 e. The normalized spacial score (nSPS) is 24.9. The van der Waals surface area contributed by atoms with Gasteiger partial charge in [-0.2, -0.15) is 0 Å². The molecule has 156 valence electrons. The van der Waals surface area contributed by atoms with E-state index in [1.807, 2.05) is 26.0 Å². The fraction of sp³-hybridized carbons (Fsp3) is 0.524. The molecule has 1 saturated heterocycles. The van der Waals surface area contributed by atoms with Crippen LogP contribution in [0.25, 0.3) is 0 Å². The van der Waals surface area contributed by atoms with Gasteiger partial charge in [-0.3, -0.25) is 19.3 Å². The Labute approximate surface area is 170 Å². The van der Waals surface area contributed by atoms with Crippen molar-refractivity contribution in [2.75, 3.05) is 11.9 Å². The zero-order valence-electron chi connectivity index (χ0n) is 17.0. The van der Waals surface area contributed by atoms with E-state index in [0.29, 0.717) is 12.1 Å². The minimum Gasteiger partial charge on any atom is -0.451 e. The van der Waals surface area contributed by atoms with Gasteiger partial charge in [-0.25, -0.2) is 4.79 Å². The average Bonchev–Trinajstić information content (AvgIpc) is 2.91. The molecule has 1 saturated carbocycles. The fourth-order valence-electron chi connectivity index (χ4n) is 3.94. The molecule has 3 rings (SSSR count). The van der Waals surface area contributed by atoms with E-state index in [1.165, 1.54) is 6.92 Å². The predicted octanol–water partition coefficient (Wildman–Crippen LogP) is 2.37. The molecule has 0 unspecified atom stereocenters. The summed E-state index contributed by atoms with van der Waals surface area (Å²) in [4.78, 5) is 50.6. The monoisotopic (exact) mass is 401 g/mol. The molecule has 8 nitrogen and oxygen atoms in total. The van der Waals surface area contributed by atoms with Crippen molar-refractivity contribution in [2.24, 2.45) is 5.92 Å². The van der Waals surface area contributed by atoms with Crippen LogP contribution < -0.4 is 10.6 Å². The maximum absolute atomic E-state index is 12.9. The van der Waals surface area contributed by atoms with Crippen molar-refractivity contribution in [1.82, 2.24) is 10.2 Å². The Bertz CT molecular complexity index is 822. The first-order valence-corrected chi connectivity index (χ1v) is 9.94. The lowest BCUT2D eigenvalue weighted by Crippen LogP contribution is -2.54. The number of urea groups is 1. The fourth-order valence-corrected chi connectivity index (χ4v) is 3.94. The second-order valence-corrected chi connectivity index (χ2v) is 7.93. The van der Waals surface area contributed by atoms with Crippen LogP contribution in [-0.2, 0) is 19.1 Å². The summed E-state index contributed by atoms with van der Waals surface area (Å²) in [7, 11) is 0. The van der Waals surface area contributed by atoms with Crippen LogP contribution in [0.4, 0.5) is 10.5 Å². The number of rotatable bonds is 5. The van der Waals surface area contributed by atoms with Gasteiger partial charge in [-0.1, -0.05) is 37.5 Å². The minimum atomic E-state index is -1.06. The number of nitrogens with one attached hydrogen (secondary N) is 2. The van der Waals surface area contributed by atoms with Crippen LogP contribution in [0.15, 0.2) is 24.3 Å². The van der Waals surface area contributed by atoms with Crippen LogP contribution in [0.3, 0.4) is 0 Å². The van der Waals surface area contributed by atoms with Gasteiger partial charge in [-0.15, -0.1) is 0 Å². The summed E-state index contributed by atoms with van der Waals surface area (Å²) < 4.78 is 5.14. The van der Waals surface area contributed by atoms with Gasteiger partial charge in [0.05, 0.1) is 0 Å². The van der Waals surface area contributed by atoms with Crippen LogP contribution in [-0.4, -0.2) is 46.9 Å². The molecule has 1 aliphatic heterocycles. The summed E-state index contributed by atoms with van der Waals surface area (Å²) in [5.41, 5.74) is 0.719. The van der Waals surface area contributed by atoms with Crippen LogP contribution in [0.1, 0.15) is 45.1 Å². The van der Waals surface area contributed by atoms with Crippen LogP contribution in [0.2, 0.25) is 0 Å². The number of hydrogen-bond acceptors (Lipinski definition) is 5. The number of carbonyl (C=O) groups excluding carboxylic acids is 4. The van der Waals surface area contributed by atoms with Crippen LogP contribution in [0.5, 0.6) is 0 Å². The molecule has 4 amide bonds. The van der Waals surface area contributed by atoms with Crippen LogP contribution >= 0.6 is 0 Å². The van der Waals surface area contributed by atoms with Gasteiger partial charge < -0.3 is 15.4 Å². The van der Waals surface area contributed by atoms with E-state index >= 15 is 0 Å². The maximum atomic E-state index is 12.9. The number of amides is 4. The van der Waals surface area contributed by atoms with Crippen molar-refractivity contribution in [3.05, 3.63) is 29.8 Å². The number of aryl methyl sites for hydroxylation is 1. The van der Waals surface area contributed by atoms with Gasteiger partial charge >= 0.3 is 12.0 Å². The van der Waals surface area contributed by atoms with Crippen molar-refractivity contribution >= 4 is 29.5 Å². The predicted molar refractivity (Wildman–Crippen MR) is 106 cm³/mol. The summed E-state index contributed by atoms with van der Waals surface area (Å²) >= 11 is 0. The molecule has 0 bridgehead atoms. The second-order valence-electron chi connectivity index (χ2n) is 7.93. The molecule has 2 aliphatic rings. The molecule has 29 heavy (non-hydrogen) atoms. The Kier molecular flexibility index (Phi) is 5.91. The lowest BCUT2D eigenvalue weighted by Gasteiger charge is -2.36. The van der Waals surface area contributed by atoms with E-state index in [4.69, 9.17) is 4.74 Å². The molecular weight excluding hydrogens is 374 g/mol. The molecule has 2 fully saturated rings. The summed E-state index contributed by atoms with van der Waals surface area (Å²) in [6.07, 6.45) is 2.22. The summed E-state index contributed by atoms with van der Waals surface area (Å²) in [6.45, 7) is 4.81. The standard InChI is InChI=1S/C21H27N3O5/c1-13-7-9-16(10-8-13)22-18(26)15(3)29-17(25)12-24-19(27)21(23-20(24)28)11-5-4-6-14(21)2/h7-10,14-15H,4-6,11-12H2,1-3H3,(H,22,26)(H,23,28)/t14-,15-,21-/m0/s1. The number of ether oxygens (including phenoxy) is 1. The molecule has 8 heteroatoms. The minimum absolute atomic E-state index is 0.00734. The van der Waals surface area contributed by atoms with Crippen molar-refractivity contribution in [2.45, 2.75) is 58.1 Å². The van der Waals surface area contributed by atoms with Gasteiger partial charge in [0, 0.05) is 5.69 Å². The molecule has 1 aromatic rings. The van der Waals surface area contributed by atoms with Crippen molar-refractivity contribution < 1.29 is 23.9 Å². The van der Waals surface area contributed by atoms with Crippen molar-refractivity contribution in [1.29, 1.82) is 0 Å². The number of benzene rings is 1. The van der Waals surface area contributed by atoms with E-state index in [9.17, 15) is 19.2 Å². The highest BCUT2D eigenvalue weighted by molar-refractivity contribution is 6.09. The Hall–Kier alpha value is -2.90. The first-order valence-electron chi connectivity index (χ1n) is 9.94. The van der Waals surface area contributed by atoms with E-state index in [1.54, 1.807) is 12.1 Å². The zero-order chi connectivity index (χ0) is 21.2. The Morgan fingerprint density at radius 1 is 1.28 bits per heavy atom. The first kappa shape index (κ1) is 20.8. The first-order chi connectivity index (χ1) is 13.7. The molecule has 1 heterocycles. The van der Waals surface area contributed by atoms with Gasteiger partial charge in [0.25, 0.3) is 11.8 Å². The number of anilines is 1. The Morgan fingerprint density at radius 2 is 1.97 bits per heavy atom. The topological polar surface area (TPSA) is 105 Å². The zero-order valence-corrected chi connectivity index (χ0v) is 17.0. The highest BCUT2D eigenvalue weighted by Gasteiger charge is 2.55. The molecule has 0 radical (unpaired) electrons. The second kappa shape index (κ2) is 8.23. The Morgan fingerprint density at radius 3 is 2.62 bits per heavy atom. The number of imide groups is 1. The number of nitrogens with zero attached hydrogens (tertiary/aromatic N) is 1. The average molecular weight is 401 g/mol. The molecule has 3 atom stereocenters. The molecular formula is C21H27N3O5. The highest BCUT2D eigenvalue weighted by Crippen LogP contribution is 2.38. The van der Waals surface area contributed by atoms with Gasteiger partial charge in [-0.05, 0) is 44.7 Å². The number of carbonyl (C=O) groups is 4. The SMILES string of the molecule is Cc1ccc(NC(=O)[C@H](C)OC(=O)CN2C(=O)N[C@]3(CCCC[C@@H]3C)C2=O)cc1. The smallest absolute Gasteiger partial charge is 0.327 e. The molecule has 1 spiro atoms. The molecule has 1 aliphatic carbocycles. The third kappa shape index (κ3) is 4.26. The van der Waals surface area contributed by atoms with Crippen molar-refractivity contribution in [3.63, 3.8) is 0 Å². The van der Waals surface area contributed by atoms with E-state index < -0.39 is 36.1 Å².